The van der Waals surface area contributed by atoms with E-state index in [9.17, 15) is 4.79 Å². The fourth-order valence-electron chi connectivity index (χ4n) is 1.73. The van der Waals surface area contributed by atoms with Crippen LogP contribution in [0.3, 0.4) is 0 Å². The molecule has 0 saturated heterocycles. The number of aromatic nitrogens is 3. The van der Waals surface area contributed by atoms with Crippen molar-refractivity contribution in [3.8, 4) is 0 Å². The minimum Gasteiger partial charge on any atom is -0.478 e. The van der Waals surface area contributed by atoms with Gasteiger partial charge in [0.25, 0.3) is 0 Å². The van der Waals surface area contributed by atoms with E-state index in [0.717, 1.165) is 10.9 Å². The third-order valence-corrected chi connectivity index (χ3v) is 2.52. The average Bonchev–Trinajstić information content (AvgIpc) is 2.76. The van der Waals surface area contributed by atoms with Crippen molar-refractivity contribution in [2.24, 2.45) is 0 Å². The first kappa shape index (κ1) is 8.84. The molecule has 0 radical (unpaired) electrons. The molecule has 5 heteroatoms. The fourth-order valence-corrected chi connectivity index (χ4v) is 1.73. The Labute approximate surface area is 90.0 Å². The van der Waals surface area contributed by atoms with Crippen molar-refractivity contribution in [2.45, 2.75) is 0 Å². The number of carbonyl (C=O) groups is 1. The van der Waals surface area contributed by atoms with E-state index < -0.39 is 5.97 Å². The van der Waals surface area contributed by atoms with Gasteiger partial charge in [0.1, 0.15) is 6.33 Å². The predicted molar refractivity (Wildman–Crippen MR) is 57.5 cm³/mol. The Balaban J connectivity index is 2.46. The lowest BCUT2D eigenvalue weighted by Gasteiger charge is -2.02. The number of hydrogen-bond donors (Lipinski definition) is 1. The normalized spacial score (nSPS) is 11.0. The Bertz CT molecular complexity index is 703. The van der Waals surface area contributed by atoms with Gasteiger partial charge < -0.3 is 5.11 Å². The standard InChI is InChI=1S/C11H7N3O2/c15-11(16)8-2-1-7-3-4-10-13-12-6-14(10)9(7)5-8/h1-6H,(H,15,16). The fraction of sp³-hybridized carbons (Fsp3) is 0. The molecule has 0 aliphatic rings. The molecule has 3 aromatic rings. The van der Waals surface area contributed by atoms with Crippen molar-refractivity contribution in [2.75, 3.05) is 0 Å². The number of pyridine rings is 1. The molecule has 0 unspecified atom stereocenters. The van der Waals surface area contributed by atoms with Crippen LogP contribution in [0.5, 0.6) is 0 Å². The summed E-state index contributed by atoms with van der Waals surface area (Å²) in [6.07, 6.45) is 1.57. The first-order chi connectivity index (χ1) is 7.75. The highest BCUT2D eigenvalue weighted by atomic mass is 16.4. The van der Waals surface area contributed by atoms with Gasteiger partial charge in [-0.15, -0.1) is 10.2 Å². The van der Waals surface area contributed by atoms with Crippen LogP contribution in [-0.2, 0) is 0 Å². The molecule has 0 saturated carbocycles. The number of rotatable bonds is 1. The molecule has 2 heterocycles. The molecule has 0 spiro atoms. The van der Waals surface area contributed by atoms with E-state index in [4.69, 9.17) is 5.11 Å². The monoisotopic (exact) mass is 213 g/mol. The summed E-state index contributed by atoms with van der Waals surface area (Å²) in [6, 6.07) is 8.72. The van der Waals surface area contributed by atoms with Crippen LogP contribution in [0.1, 0.15) is 10.4 Å². The van der Waals surface area contributed by atoms with E-state index in [1.54, 1.807) is 28.9 Å². The maximum Gasteiger partial charge on any atom is 0.335 e. The van der Waals surface area contributed by atoms with Crippen molar-refractivity contribution in [1.29, 1.82) is 0 Å². The molecule has 2 aromatic heterocycles. The molecule has 78 valence electrons. The van der Waals surface area contributed by atoms with E-state index >= 15 is 0 Å². The zero-order valence-electron chi connectivity index (χ0n) is 8.16. The summed E-state index contributed by atoms with van der Waals surface area (Å²) in [5, 5.41) is 17.6. The second kappa shape index (κ2) is 3.03. The molecule has 0 aliphatic heterocycles. The molecule has 0 fully saturated rings. The summed E-state index contributed by atoms with van der Waals surface area (Å²) in [5.41, 5.74) is 1.76. The summed E-state index contributed by atoms with van der Waals surface area (Å²) in [7, 11) is 0. The number of nitrogens with zero attached hydrogens (tertiary/aromatic N) is 3. The number of aromatic carboxylic acids is 1. The first-order valence-electron chi connectivity index (χ1n) is 4.71. The van der Waals surface area contributed by atoms with E-state index in [0.29, 0.717) is 5.65 Å². The summed E-state index contributed by atoms with van der Waals surface area (Å²) in [5.74, 6) is -0.938. The summed E-state index contributed by atoms with van der Waals surface area (Å²) < 4.78 is 1.77. The minimum absolute atomic E-state index is 0.258. The average molecular weight is 213 g/mol. The van der Waals surface area contributed by atoms with Gasteiger partial charge in [-0.05, 0) is 29.7 Å². The molecular weight excluding hydrogens is 206 g/mol. The lowest BCUT2D eigenvalue weighted by molar-refractivity contribution is 0.0697. The van der Waals surface area contributed by atoms with Crippen molar-refractivity contribution in [3.63, 3.8) is 0 Å². The Hall–Kier alpha value is -2.43. The Morgan fingerprint density at radius 3 is 2.88 bits per heavy atom. The van der Waals surface area contributed by atoms with Gasteiger partial charge in [0.15, 0.2) is 5.65 Å². The molecule has 5 nitrogen and oxygen atoms in total. The highest BCUT2D eigenvalue weighted by molar-refractivity contribution is 5.93. The van der Waals surface area contributed by atoms with E-state index in [1.807, 2.05) is 12.1 Å². The van der Waals surface area contributed by atoms with Crippen molar-refractivity contribution in [1.82, 2.24) is 14.6 Å². The predicted octanol–water partition coefficient (Wildman–Crippen LogP) is 1.58. The Morgan fingerprint density at radius 2 is 2.06 bits per heavy atom. The summed E-state index contributed by atoms with van der Waals surface area (Å²) in [6.45, 7) is 0. The molecule has 0 amide bonds. The molecule has 1 aromatic carbocycles. The van der Waals surface area contributed by atoms with Crippen LogP contribution in [-0.4, -0.2) is 25.7 Å². The second-order valence-electron chi connectivity index (χ2n) is 3.47. The summed E-state index contributed by atoms with van der Waals surface area (Å²) in [4.78, 5) is 10.9. The second-order valence-corrected chi connectivity index (χ2v) is 3.47. The van der Waals surface area contributed by atoms with Gasteiger partial charge >= 0.3 is 5.97 Å². The molecule has 0 bridgehead atoms. The SMILES string of the molecule is O=C(O)c1ccc2ccc3nncn3c2c1. The summed E-state index contributed by atoms with van der Waals surface area (Å²) >= 11 is 0. The zero-order valence-corrected chi connectivity index (χ0v) is 8.16. The molecule has 0 atom stereocenters. The third kappa shape index (κ3) is 1.15. The highest BCUT2D eigenvalue weighted by Gasteiger charge is 2.06. The minimum atomic E-state index is -0.938. The van der Waals surface area contributed by atoms with Gasteiger partial charge in [0, 0.05) is 0 Å². The number of carboxylic acids is 1. The molecule has 16 heavy (non-hydrogen) atoms. The van der Waals surface area contributed by atoms with Gasteiger partial charge in [-0.1, -0.05) is 6.07 Å². The van der Waals surface area contributed by atoms with Crippen LogP contribution in [0.2, 0.25) is 0 Å². The third-order valence-electron chi connectivity index (χ3n) is 2.52. The van der Waals surface area contributed by atoms with Crippen molar-refractivity contribution in [3.05, 3.63) is 42.2 Å². The molecular formula is C11H7N3O2. The van der Waals surface area contributed by atoms with E-state index in [2.05, 4.69) is 10.2 Å². The number of benzene rings is 1. The van der Waals surface area contributed by atoms with Crippen LogP contribution in [0.25, 0.3) is 16.6 Å². The number of carboxylic acid groups (broad SMARTS) is 1. The van der Waals surface area contributed by atoms with Gasteiger partial charge in [0.2, 0.25) is 0 Å². The number of hydrogen-bond acceptors (Lipinski definition) is 3. The van der Waals surface area contributed by atoms with Crippen LogP contribution in [0, 0.1) is 0 Å². The Morgan fingerprint density at radius 1 is 1.25 bits per heavy atom. The largest absolute Gasteiger partial charge is 0.478 e. The highest BCUT2D eigenvalue weighted by Crippen LogP contribution is 2.17. The van der Waals surface area contributed by atoms with Crippen molar-refractivity contribution < 1.29 is 9.90 Å². The van der Waals surface area contributed by atoms with Gasteiger partial charge in [-0.2, -0.15) is 0 Å². The van der Waals surface area contributed by atoms with Gasteiger partial charge in [-0.3, -0.25) is 4.40 Å². The molecule has 3 rings (SSSR count). The lowest BCUT2D eigenvalue weighted by Crippen LogP contribution is -1.97. The van der Waals surface area contributed by atoms with Crippen LogP contribution < -0.4 is 0 Å². The zero-order chi connectivity index (χ0) is 11.1. The topological polar surface area (TPSA) is 67.5 Å². The first-order valence-corrected chi connectivity index (χ1v) is 4.71. The van der Waals surface area contributed by atoms with Crippen LogP contribution >= 0.6 is 0 Å². The number of fused-ring (bicyclic) bond motifs is 3. The molecule has 1 N–H and O–H groups in total. The van der Waals surface area contributed by atoms with Crippen LogP contribution in [0.15, 0.2) is 36.7 Å². The lowest BCUT2D eigenvalue weighted by atomic mass is 10.1. The quantitative estimate of drug-likeness (QED) is 0.666. The molecule has 0 aliphatic carbocycles. The smallest absolute Gasteiger partial charge is 0.335 e. The van der Waals surface area contributed by atoms with E-state index in [-0.39, 0.29) is 5.56 Å². The van der Waals surface area contributed by atoms with Crippen molar-refractivity contribution >= 4 is 22.5 Å². The maximum absolute atomic E-state index is 10.9. The van der Waals surface area contributed by atoms with Crippen LogP contribution in [0.4, 0.5) is 0 Å². The van der Waals surface area contributed by atoms with Gasteiger partial charge in [-0.25, -0.2) is 4.79 Å². The Kier molecular flexibility index (Phi) is 1.67. The van der Waals surface area contributed by atoms with Gasteiger partial charge in [0.05, 0.1) is 11.1 Å². The maximum atomic E-state index is 10.9. The van der Waals surface area contributed by atoms with E-state index in [1.165, 1.54) is 0 Å².